The van der Waals surface area contributed by atoms with Crippen LogP contribution in [-0.2, 0) is 19.1 Å². The van der Waals surface area contributed by atoms with Crippen molar-refractivity contribution >= 4 is 24.1 Å². The second-order valence-electron chi connectivity index (χ2n) is 16.9. The van der Waals surface area contributed by atoms with E-state index in [1.165, 1.54) is 0 Å². The van der Waals surface area contributed by atoms with Gasteiger partial charge in [-0.15, -0.1) is 0 Å². The number of para-hydroxylation sites is 2. The van der Waals surface area contributed by atoms with E-state index in [1.807, 2.05) is 91.8 Å². The van der Waals surface area contributed by atoms with Crippen LogP contribution in [0.1, 0.15) is 132 Å². The van der Waals surface area contributed by atoms with Gasteiger partial charge in [-0.1, -0.05) is 62.1 Å². The molecule has 0 unspecified atom stereocenters. The average molecular weight is 721 g/mol. The molecule has 0 aliphatic carbocycles. The standard InChI is InChI=1S/C42H60N2O8/c1-39(2)27-33(28-40(3,4)43(39)37(47)51-31-21-15-13-16-22-31)49-35(45)25-19-11-9-10-12-20-26-36(46)50-34-29-41(5,6)44(42(7,8)30-34)38(48)52-32-23-17-14-18-24-32/h13-18,21-24,33-34H,9-12,19-20,25-30H2,1-8H3. The smallest absolute Gasteiger partial charge is 0.416 e. The van der Waals surface area contributed by atoms with Crippen LogP contribution in [0.4, 0.5) is 9.59 Å². The van der Waals surface area contributed by atoms with E-state index in [-0.39, 0.29) is 24.1 Å². The van der Waals surface area contributed by atoms with Crippen molar-refractivity contribution in [2.24, 2.45) is 0 Å². The van der Waals surface area contributed by atoms with Crippen LogP contribution in [0.15, 0.2) is 60.7 Å². The van der Waals surface area contributed by atoms with Crippen molar-refractivity contribution in [3.05, 3.63) is 60.7 Å². The summed E-state index contributed by atoms with van der Waals surface area (Å²) in [5.41, 5.74) is -2.24. The minimum absolute atomic E-state index is 0.204. The predicted octanol–water partition coefficient (Wildman–Crippen LogP) is 9.63. The number of carbonyl (C=O) groups is 4. The largest absolute Gasteiger partial charge is 0.462 e. The molecule has 2 aromatic rings. The maximum absolute atomic E-state index is 13.2. The number of esters is 2. The molecule has 4 rings (SSSR count). The first-order chi connectivity index (χ1) is 24.4. The summed E-state index contributed by atoms with van der Waals surface area (Å²) < 4.78 is 23.2. The number of rotatable bonds is 13. The molecule has 2 aliphatic heterocycles. The second kappa shape index (κ2) is 17.2. The van der Waals surface area contributed by atoms with E-state index in [0.29, 0.717) is 50.0 Å². The highest BCUT2D eigenvalue weighted by atomic mass is 16.6. The molecule has 0 radical (unpaired) electrons. The monoisotopic (exact) mass is 720 g/mol. The molecule has 2 saturated heterocycles. The zero-order valence-electron chi connectivity index (χ0n) is 32.6. The summed E-state index contributed by atoms with van der Waals surface area (Å²) in [6, 6.07) is 18.1. The van der Waals surface area contributed by atoms with E-state index >= 15 is 0 Å². The van der Waals surface area contributed by atoms with Gasteiger partial charge in [-0.2, -0.15) is 0 Å². The summed E-state index contributed by atoms with van der Waals surface area (Å²) in [5.74, 6) is 0.588. The highest BCUT2D eigenvalue weighted by Crippen LogP contribution is 2.42. The molecule has 0 spiro atoms. The lowest BCUT2D eigenvalue weighted by Gasteiger charge is -2.53. The fourth-order valence-corrected chi connectivity index (χ4v) is 8.54. The lowest BCUT2D eigenvalue weighted by Crippen LogP contribution is -2.65. The molecule has 10 heteroatoms. The van der Waals surface area contributed by atoms with Crippen molar-refractivity contribution in [3.63, 3.8) is 0 Å². The number of carbonyl (C=O) groups excluding carboxylic acids is 4. The zero-order chi connectivity index (χ0) is 38.2. The van der Waals surface area contributed by atoms with Crippen molar-refractivity contribution < 1.29 is 38.1 Å². The van der Waals surface area contributed by atoms with Gasteiger partial charge in [0.25, 0.3) is 0 Å². The molecular formula is C42H60N2O8. The van der Waals surface area contributed by atoms with Gasteiger partial charge in [0, 0.05) is 60.7 Å². The van der Waals surface area contributed by atoms with E-state index in [2.05, 4.69) is 0 Å². The van der Waals surface area contributed by atoms with Crippen molar-refractivity contribution in [2.45, 2.75) is 167 Å². The highest BCUT2D eigenvalue weighted by molar-refractivity contribution is 5.74. The number of ether oxygens (including phenoxy) is 4. The third-order valence-electron chi connectivity index (χ3n) is 10.2. The minimum atomic E-state index is -0.561. The van der Waals surface area contributed by atoms with Crippen LogP contribution in [0.2, 0.25) is 0 Å². The molecule has 0 atom stereocenters. The average Bonchev–Trinajstić information content (AvgIpc) is 3.00. The maximum atomic E-state index is 13.2. The third-order valence-corrected chi connectivity index (χ3v) is 10.2. The summed E-state index contributed by atoms with van der Waals surface area (Å²) in [6.07, 6.45) is 6.76. The molecular weight excluding hydrogens is 660 g/mol. The third kappa shape index (κ3) is 11.2. The van der Waals surface area contributed by atoms with Gasteiger partial charge < -0.3 is 18.9 Å². The Morgan fingerprint density at radius 3 is 1.10 bits per heavy atom. The molecule has 2 aliphatic rings. The summed E-state index contributed by atoms with van der Waals surface area (Å²) in [5, 5.41) is 0. The number of likely N-dealkylation sites (tertiary alicyclic amines) is 2. The Kier molecular flexibility index (Phi) is 13.4. The summed E-state index contributed by atoms with van der Waals surface area (Å²) in [7, 11) is 0. The lowest BCUT2D eigenvalue weighted by atomic mass is 9.78. The normalized spacial score (nSPS) is 19.4. The molecule has 0 saturated carbocycles. The first kappa shape index (κ1) is 40.7. The molecule has 2 aromatic carbocycles. The van der Waals surface area contributed by atoms with Crippen LogP contribution >= 0.6 is 0 Å². The lowest BCUT2D eigenvalue weighted by molar-refractivity contribution is -0.159. The van der Waals surface area contributed by atoms with Gasteiger partial charge in [0.15, 0.2) is 0 Å². The van der Waals surface area contributed by atoms with Gasteiger partial charge in [-0.05, 0) is 92.5 Å². The van der Waals surface area contributed by atoms with Gasteiger partial charge in [-0.25, -0.2) is 9.59 Å². The van der Waals surface area contributed by atoms with Crippen LogP contribution in [0.5, 0.6) is 11.5 Å². The molecule has 10 nitrogen and oxygen atoms in total. The minimum Gasteiger partial charge on any atom is -0.462 e. The quantitative estimate of drug-likeness (QED) is 0.149. The first-order valence-electron chi connectivity index (χ1n) is 18.9. The number of unbranched alkanes of at least 4 members (excludes halogenated alkanes) is 5. The van der Waals surface area contributed by atoms with E-state index in [0.717, 1.165) is 38.5 Å². The number of hydrogen-bond acceptors (Lipinski definition) is 8. The molecule has 286 valence electrons. The second-order valence-corrected chi connectivity index (χ2v) is 16.9. The maximum Gasteiger partial charge on any atom is 0.416 e. The van der Waals surface area contributed by atoms with E-state index in [9.17, 15) is 19.2 Å². The van der Waals surface area contributed by atoms with E-state index < -0.39 is 34.3 Å². The topological polar surface area (TPSA) is 112 Å². The van der Waals surface area contributed by atoms with Crippen LogP contribution < -0.4 is 9.47 Å². The first-order valence-corrected chi connectivity index (χ1v) is 18.9. The Hall–Kier alpha value is -4.08. The van der Waals surface area contributed by atoms with Crippen molar-refractivity contribution in [2.75, 3.05) is 0 Å². The van der Waals surface area contributed by atoms with E-state index in [4.69, 9.17) is 18.9 Å². The SMILES string of the molecule is CC1(C)CC(OC(=O)CCCCCCCCC(=O)OC2CC(C)(C)N(C(=O)Oc3ccccc3)C(C)(C)C2)CC(C)(C)N1C(=O)Oc1ccccc1. The van der Waals surface area contributed by atoms with Crippen LogP contribution in [-0.4, -0.2) is 68.3 Å². The zero-order valence-corrected chi connectivity index (χ0v) is 32.6. The molecule has 0 aromatic heterocycles. The van der Waals surface area contributed by atoms with Crippen LogP contribution in [0.25, 0.3) is 0 Å². The van der Waals surface area contributed by atoms with Gasteiger partial charge >= 0.3 is 24.1 Å². The molecule has 2 fully saturated rings. The molecule has 0 bridgehead atoms. The molecule has 2 heterocycles. The van der Waals surface area contributed by atoms with Crippen molar-refractivity contribution in [1.29, 1.82) is 0 Å². The Labute approximate surface area is 310 Å². The van der Waals surface area contributed by atoms with Gasteiger partial charge in [0.2, 0.25) is 0 Å². The molecule has 52 heavy (non-hydrogen) atoms. The summed E-state index contributed by atoms with van der Waals surface area (Å²) >= 11 is 0. The fraction of sp³-hybridized carbons (Fsp3) is 0.619. The molecule has 0 N–H and O–H groups in total. The predicted molar refractivity (Wildman–Crippen MR) is 200 cm³/mol. The number of nitrogens with zero attached hydrogens (tertiary/aromatic N) is 2. The number of hydrogen-bond donors (Lipinski definition) is 0. The van der Waals surface area contributed by atoms with E-state index in [1.54, 1.807) is 34.1 Å². The Morgan fingerprint density at radius 2 is 0.788 bits per heavy atom. The Balaban J connectivity index is 1.09. The number of benzene rings is 2. The Morgan fingerprint density at radius 1 is 0.500 bits per heavy atom. The van der Waals surface area contributed by atoms with Crippen molar-refractivity contribution in [3.8, 4) is 11.5 Å². The number of piperidine rings is 2. The van der Waals surface area contributed by atoms with Crippen LogP contribution in [0, 0.1) is 0 Å². The van der Waals surface area contributed by atoms with Gasteiger partial charge in [0.1, 0.15) is 23.7 Å². The van der Waals surface area contributed by atoms with Gasteiger partial charge in [-0.3, -0.25) is 19.4 Å². The van der Waals surface area contributed by atoms with Crippen molar-refractivity contribution in [1.82, 2.24) is 9.80 Å². The summed E-state index contributed by atoms with van der Waals surface area (Å²) in [6.45, 7) is 15.9. The summed E-state index contributed by atoms with van der Waals surface area (Å²) in [4.78, 5) is 55.4. The number of amides is 2. The fourth-order valence-electron chi connectivity index (χ4n) is 8.54. The van der Waals surface area contributed by atoms with Crippen LogP contribution in [0.3, 0.4) is 0 Å². The molecule has 2 amide bonds. The van der Waals surface area contributed by atoms with Gasteiger partial charge in [0.05, 0.1) is 0 Å². The highest BCUT2D eigenvalue weighted by Gasteiger charge is 2.51. The Bertz CT molecular complexity index is 1350.